The Morgan fingerprint density at radius 1 is 0.424 bits per heavy atom. The second kappa shape index (κ2) is 21.4. The van der Waals surface area contributed by atoms with Gasteiger partial charge < -0.3 is 19.7 Å². The molecule has 300 valence electrons. The predicted molar refractivity (Wildman–Crippen MR) is 241 cm³/mol. The van der Waals surface area contributed by atoms with Gasteiger partial charge in [-0.05, 0) is 69.5 Å². The topological polar surface area (TPSA) is 58.9 Å². The molecule has 0 aliphatic heterocycles. The zero-order valence-corrected chi connectivity index (χ0v) is 37.7. The van der Waals surface area contributed by atoms with Crippen molar-refractivity contribution < 1.29 is 45.9 Å². The smallest absolute Gasteiger partial charge is 0.507 e. The Morgan fingerprint density at radius 2 is 0.712 bits per heavy atom. The maximum Gasteiger partial charge on any atom is 2.00 e. The molecule has 5 heteroatoms. The van der Waals surface area contributed by atoms with Crippen molar-refractivity contribution in [2.45, 2.75) is 65.6 Å². The Balaban J connectivity index is 0.000000430. The van der Waals surface area contributed by atoms with Gasteiger partial charge in [0.1, 0.15) is 24.7 Å². The number of aromatic hydroxyl groups is 2. The van der Waals surface area contributed by atoms with Gasteiger partial charge in [0.05, 0.1) is 0 Å². The van der Waals surface area contributed by atoms with E-state index >= 15 is 0 Å². The van der Waals surface area contributed by atoms with Crippen LogP contribution in [0.1, 0.15) is 74.9 Å². The van der Waals surface area contributed by atoms with Gasteiger partial charge in [0.15, 0.2) is 11.5 Å². The Morgan fingerprint density at radius 3 is 0.983 bits per heavy atom. The minimum atomic E-state index is -0.116. The summed E-state index contributed by atoms with van der Waals surface area (Å²) in [5.74, 6) is 1.54. The van der Waals surface area contributed by atoms with Crippen molar-refractivity contribution in [3.05, 3.63) is 217 Å². The molecule has 0 fully saturated rings. The van der Waals surface area contributed by atoms with Crippen LogP contribution >= 0.6 is 0 Å². The van der Waals surface area contributed by atoms with E-state index in [1.54, 1.807) is 0 Å². The van der Waals surface area contributed by atoms with E-state index in [0.717, 1.165) is 44.5 Å². The minimum Gasteiger partial charge on any atom is -0.507 e. The Labute approximate surface area is 371 Å². The molecule has 0 saturated heterocycles. The summed E-state index contributed by atoms with van der Waals surface area (Å²) >= 11 is 0. The van der Waals surface area contributed by atoms with Crippen LogP contribution in [-0.2, 0) is 50.2 Å². The molecule has 0 heterocycles. The molecule has 59 heavy (non-hydrogen) atoms. The molecule has 7 rings (SSSR count). The molecule has 7 aromatic carbocycles. The number of rotatable bonds is 8. The molecular formula is C54H56O4Zr. The number of para-hydroxylation sites is 2. The van der Waals surface area contributed by atoms with Crippen LogP contribution in [0.3, 0.4) is 0 Å². The number of phenols is 2. The van der Waals surface area contributed by atoms with Crippen molar-refractivity contribution in [3.8, 4) is 45.3 Å². The van der Waals surface area contributed by atoms with Crippen molar-refractivity contribution in [1.82, 2.24) is 0 Å². The maximum absolute atomic E-state index is 11.3. The van der Waals surface area contributed by atoms with E-state index in [9.17, 15) is 10.2 Å². The SMILES string of the molecule is CC(C)(C)c1cc(COc2ccccc2OCc2cc(C(C)(C)C)cc(-c3ccccc3)c2O)c(O)c(-c2ccccc2)c1.[CH2-]c1ccccc1.[CH2-]c1ccccc1.[Zr+2]. The van der Waals surface area contributed by atoms with Crippen LogP contribution in [0.5, 0.6) is 23.0 Å². The number of hydrogen-bond acceptors (Lipinski definition) is 4. The largest absolute Gasteiger partial charge is 2.00 e. The van der Waals surface area contributed by atoms with Gasteiger partial charge in [-0.2, -0.15) is 49.2 Å². The molecule has 0 atom stereocenters. The van der Waals surface area contributed by atoms with E-state index in [1.807, 2.05) is 158 Å². The number of ether oxygens (including phenoxy) is 2. The minimum absolute atomic E-state index is 0. The van der Waals surface area contributed by atoms with Crippen LogP contribution in [0.15, 0.2) is 170 Å². The second-order valence-corrected chi connectivity index (χ2v) is 16.3. The predicted octanol–water partition coefficient (Wildman–Crippen LogP) is 13.9. The first-order valence-corrected chi connectivity index (χ1v) is 19.6. The summed E-state index contributed by atoms with van der Waals surface area (Å²) in [5.41, 5.74) is 9.01. The van der Waals surface area contributed by atoms with Gasteiger partial charge in [-0.15, -0.1) is 24.3 Å². The summed E-state index contributed by atoms with van der Waals surface area (Å²) in [6.07, 6.45) is 0. The summed E-state index contributed by atoms with van der Waals surface area (Å²) < 4.78 is 12.6. The Bertz CT molecular complexity index is 2160. The van der Waals surface area contributed by atoms with Crippen molar-refractivity contribution in [2.75, 3.05) is 0 Å². The fourth-order valence-electron chi connectivity index (χ4n) is 6.11. The first kappa shape index (κ1) is 46.1. The van der Waals surface area contributed by atoms with Gasteiger partial charge in [-0.25, -0.2) is 0 Å². The zero-order chi connectivity index (χ0) is 41.7. The van der Waals surface area contributed by atoms with Gasteiger partial charge in [-0.1, -0.05) is 126 Å². The number of phenolic OH excluding ortho intramolecular Hbond substituents is 2. The average Bonchev–Trinajstić information content (AvgIpc) is 3.21. The summed E-state index contributed by atoms with van der Waals surface area (Å²) in [4.78, 5) is 0. The number of hydrogen-bond donors (Lipinski definition) is 2. The van der Waals surface area contributed by atoms with Crippen LogP contribution in [0.4, 0.5) is 0 Å². The van der Waals surface area contributed by atoms with Gasteiger partial charge in [0.25, 0.3) is 0 Å². The van der Waals surface area contributed by atoms with Crippen LogP contribution in [0, 0.1) is 13.8 Å². The summed E-state index contributed by atoms with van der Waals surface area (Å²) in [6.45, 7) is 20.7. The van der Waals surface area contributed by atoms with E-state index in [-0.39, 0.29) is 61.7 Å². The molecule has 7 aromatic rings. The van der Waals surface area contributed by atoms with Crippen LogP contribution in [-0.4, -0.2) is 10.2 Å². The third-order valence-electron chi connectivity index (χ3n) is 9.58. The van der Waals surface area contributed by atoms with E-state index in [4.69, 9.17) is 9.47 Å². The molecule has 0 spiro atoms. The summed E-state index contributed by atoms with van der Waals surface area (Å²) in [7, 11) is 0. The number of benzene rings is 7. The molecule has 0 bridgehead atoms. The normalized spacial score (nSPS) is 10.8. The van der Waals surface area contributed by atoms with Crippen molar-refractivity contribution >= 4 is 0 Å². The molecule has 0 aromatic heterocycles. The summed E-state index contributed by atoms with van der Waals surface area (Å²) in [5, 5.41) is 22.7. The molecule has 0 saturated carbocycles. The van der Waals surface area contributed by atoms with Crippen molar-refractivity contribution in [1.29, 1.82) is 0 Å². The van der Waals surface area contributed by atoms with Gasteiger partial charge in [-0.3, -0.25) is 0 Å². The molecule has 0 unspecified atom stereocenters. The monoisotopic (exact) mass is 858 g/mol. The quantitative estimate of drug-likeness (QED) is 0.149. The first-order chi connectivity index (χ1) is 27.7. The molecule has 4 nitrogen and oxygen atoms in total. The maximum atomic E-state index is 11.3. The average molecular weight is 860 g/mol. The van der Waals surface area contributed by atoms with Gasteiger partial charge in [0.2, 0.25) is 0 Å². The second-order valence-electron chi connectivity index (χ2n) is 16.3. The Kier molecular flexibility index (Phi) is 16.7. The third-order valence-corrected chi connectivity index (χ3v) is 9.58. The van der Waals surface area contributed by atoms with Gasteiger partial charge in [0, 0.05) is 22.3 Å². The molecule has 0 radical (unpaired) electrons. The fraction of sp³-hybridized carbons (Fsp3) is 0.185. The molecular weight excluding hydrogens is 804 g/mol. The molecule has 0 amide bonds. The van der Waals surface area contributed by atoms with E-state index in [2.05, 4.69) is 67.5 Å². The first-order valence-electron chi connectivity index (χ1n) is 19.6. The summed E-state index contributed by atoms with van der Waals surface area (Å²) in [6, 6.07) is 55.3. The van der Waals surface area contributed by atoms with E-state index in [1.165, 1.54) is 0 Å². The van der Waals surface area contributed by atoms with E-state index < -0.39 is 0 Å². The van der Waals surface area contributed by atoms with Crippen molar-refractivity contribution in [3.63, 3.8) is 0 Å². The third kappa shape index (κ3) is 13.5. The van der Waals surface area contributed by atoms with Crippen LogP contribution < -0.4 is 9.47 Å². The van der Waals surface area contributed by atoms with E-state index in [0.29, 0.717) is 22.6 Å². The molecule has 0 aliphatic carbocycles. The Hall–Kier alpha value is -5.64. The zero-order valence-electron chi connectivity index (χ0n) is 35.2. The van der Waals surface area contributed by atoms with Crippen LogP contribution in [0.25, 0.3) is 22.3 Å². The fourth-order valence-corrected chi connectivity index (χ4v) is 6.11. The van der Waals surface area contributed by atoms with Gasteiger partial charge >= 0.3 is 26.2 Å². The van der Waals surface area contributed by atoms with Crippen molar-refractivity contribution in [2.24, 2.45) is 0 Å². The van der Waals surface area contributed by atoms with Crippen LogP contribution in [0.2, 0.25) is 0 Å². The molecule has 2 N–H and O–H groups in total. The standard InChI is InChI=1S/C40H42O4.2C7H7.Zr/c1-39(2,3)31-21-29(37(41)33(23-31)27-15-9-7-10-16-27)25-43-35-19-13-14-20-36(35)44-26-30-22-32(40(4,5)6)24-34(38(30)42)28-17-11-8-12-18-28;2*1-7-5-3-2-4-6-7;/h7-24,41-42H,25-26H2,1-6H3;2*2-6H,1H2;/q;2*-1;+2. The molecule has 0 aliphatic rings.